The predicted octanol–water partition coefficient (Wildman–Crippen LogP) is 0.729. The molecule has 0 spiro atoms. The van der Waals surface area contributed by atoms with Gasteiger partial charge in [0.15, 0.2) is 0 Å². The lowest BCUT2D eigenvalue weighted by molar-refractivity contribution is -0.144. The van der Waals surface area contributed by atoms with E-state index in [4.69, 9.17) is 0 Å². The van der Waals surface area contributed by atoms with Gasteiger partial charge in [0.1, 0.15) is 5.54 Å². The Morgan fingerprint density at radius 1 is 1.26 bits per heavy atom. The molecule has 0 radical (unpaired) electrons. The Morgan fingerprint density at radius 3 is 2.42 bits per heavy atom. The van der Waals surface area contributed by atoms with Crippen LogP contribution in [0.15, 0.2) is 0 Å². The molecule has 6 nitrogen and oxygen atoms in total. The van der Waals surface area contributed by atoms with Crippen LogP contribution in [0.1, 0.15) is 32.6 Å². The van der Waals surface area contributed by atoms with Crippen LogP contribution in [0, 0.1) is 0 Å². The molecular weight excluding hydrogens is 246 g/mol. The predicted molar refractivity (Wildman–Crippen MR) is 71.0 cm³/mol. The topological polar surface area (TPSA) is 72.9 Å². The molecule has 2 N–H and O–H groups in total. The molecule has 2 amide bonds. The molecule has 0 aromatic carbocycles. The Morgan fingerprint density at radius 2 is 1.89 bits per heavy atom. The fraction of sp³-hybridized carbons (Fsp3) is 0.846. The Bertz CT molecular complexity index is 366. The largest absolute Gasteiger partial charge is 0.480 e. The Hall–Kier alpha value is -1.30. The molecule has 6 heteroatoms. The number of aliphatic carboxylic acids is 1. The van der Waals surface area contributed by atoms with Gasteiger partial charge in [-0.15, -0.1) is 0 Å². The summed E-state index contributed by atoms with van der Waals surface area (Å²) in [6.07, 6.45) is 2.81. The quantitative estimate of drug-likeness (QED) is 0.775. The Balaban J connectivity index is 2.02. The maximum absolute atomic E-state index is 12.3. The number of carbonyl (C=O) groups excluding carboxylic acids is 1. The fourth-order valence-electron chi connectivity index (χ4n) is 3.09. The second-order valence-electron chi connectivity index (χ2n) is 5.83. The number of rotatable bonds is 2. The third kappa shape index (κ3) is 2.83. The van der Waals surface area contributed by atoms with Crippen LogP contribution in [-0.4, -0.2) is 65.2 Å². The average Bonchev–Trinajstić information content (AvgIpc) is 2.78. The lowest BCUT2D eigenvalue weighted by atomic mass is 9.98. The van der Waals surface area contributed by atoms with E-state index in [1.54, 1.807) is 4.90 Å². The molecule has 1 heterocycles. The second-order valence-corrected chi connectivity index (χ2v) is 5.83. The molecule has 0 aromatic rings. The van der Waals surface area contributed by atoms with E-state index >= 15 is 0 Å². The summed E-state index contributed by atoms with van der Waals surface area (Å²) in [5, 5.41) is 12.2. The lowest BCUT2D eigenvalue weighted by Crippen LogP contribution is -2.61. The fourth-order valence-corrected chi connectivity index (χ4v) is 3.09. The van der Waals surface area contributed by atoms with E-state index < -0.39 is 11.5 Å². The number of amides is 2. The molecule has 0 bridgehead atoms. The van der Waals surface area contributed by atoms with Crippen molar-refractivity contribution in [3.8, 4) is 0 Å². The summed E-state index contributed by atoms with van der Waals surface area (Å²) in [7, 11) is 2.03. The van der Waals surface area contributed by atoms with Crippen molar-refractivity contribution >= 4 is 12.0 Å². The first-order valence-electron chi connectivity index (χ1n) is 6.95. The number of carbonyl (C=O) groups is 2. The third-order valence-corrected chi connectivity index (χ3v) is 4.30. The summed E-state index contributed by atoms with van der Waals surface area (Å²) in [4.78, 5) is 27.7. The number of piperazine rings is 1. The number of carboxylic acid groups (broad SMARTS) is 1. The van der Waals surface area contributed by atoms with Crippen LogP contribution in [0.5, 0.6) is 0 Å². The van der Waals surface area contributed by atoms with Crippen molar-refractivity contribution in [2.75, 3.05) is 26.7 Å². The van der Waals surface area contributed by atoms with Crippen LogP contribution < -0.4 is 5.32 Å². The third-order valence-electron chi connectivity index (χ3n) is 4.30. The van der Waals surface area contributed by atoms with Gasteiger partial charge < -0.3 is 20.2 Å². The van der Waals surface area contributed by atoms with Crippen molar-refractivity contribution in [1.82, 2.24) is 15.1 Å². The minimum atomic E-state index is -1.04. The van der Waals surface area contributed by atoms with Crippen molar-refractivity contribution in [2.24, 2.45) is 0 Å². The maximum Gasteiger partial charge on any atom is 0.329 e. The monoisotopic (exact) mass is 269 g/mol. The highest BCUT2D eigenvalue weighted by Crippen LogP contribution is 2.30. The van der Waals surface area contributed by atoms with Crippen LogP contribution in [0.25, 0.3) is 0 Å². The molecule has 1 aliphatic carbocycles. The van der Waals surface area contributed by atoms with E-state index in [2.05, 4.69) is 10.2 Å². The van der Waals surface area contributed by atoms with Gasteiger partial charge in [0, 0.05) is 25.7 Å². The zero-order valence-electron chi connectivity index (χ0n) is 11.7. The van der Waals surface area contributed by atoms with Crippen molar-refractivity contribution < 1.29 is 14.7 Å². The minimum absolute atomic E-state index is 0.117. The molecule has 2 fully saturated rings. The number of nitrogens with zero attached hydrogens (tertiary/aromatic N) is 2. The second kappa shape index (κ2) is 5.36. The van der Waals surface area contributed by atoms with Crippen LogP contribution in [-0.2, 0) is 4.79 Å². The molecule has 1 saturated heterocycles. The molecule has 2 rings (SSSR count). The highest BCUT2D eigenvalue weighted by molar-refractivity contribution is 5.86. The number of likely N-dealkylation sites (N-methyl/N-ethyl adjacent to an activating group) is 1. The van der Waals surface area contributed by atoms with E-state index in [-0.39, 0.29) is 12.1 Å². The molecule has 1 unspecified atom stereocenters. The van der Waals surface area contributed by atoms with Crippen molar-refractivity contribution in [3.05, 3.63) is 0 Å². The van der Waals surface area contributed by atoms with Crippen molar-refractivity contribution in [2.45, 2.75) is 44.2 Å². The first-order chi connectivity index (χ1) is 8.94. The van der Waals surface area contributed by atoms with Gasteiger partial charge in [0.25, 0.3) is 0 Å². The Labute approximate surface area is 113 Å². The van der Waals surface area contributed by atoms with Crippen LogP contribution in [0.4, 0.5) is 4.79 Å². The van der Waals surface area contributed by atoms with Gasteiger partial charge in [-0.2, -0.15) is 0 Å². The van der Waals surface area contributed by atoms with Gasteiger partial charge in [0.2, 0.25) is 0 Å². The number of carboxylic acids is 1. The molecule has 0 aromatic heterocycles. The number of urea groups is 1. The number of hydrogen-bond acceptors (Lipinski definition) is 3. The normalized spacial score (nSPS) is 27.3. The molecule has 19 heavy (non-hydrogen) atoms. The van der Waals surface area contributed by atoms with E-state index in [0.29, 0.717) is 19.4 Å². The smallest absolute Gasteiger partial charge is 0.329 e. The highest BCUT2D eigenvalue weighted by atomic mass is 16.4. The van der Waals surface area contributed by atoms with Crippen LogP contribution in [0.3, 0.4) is 0 Å². The van der Waals surface area contributed by atoms with Gasteiger partial charge in [-0.3, -0.25) is 0 Å². The zero-order valence-corrected chi connectivity index (χ0v) is 11.7. The molecule has 1 atom stereocenters. The summed E-state index contributed by atoms with van der Waals surface area (Å²) in [5.74, 6) is -0.903. The Kier molecular flexibility index (Phi) is 3.99. The SMILES string of the molecule is CC1CN(C)CCN1C(=O)NC1(C(=O)O)CCCC1. The van der Waals surface area contributed by atoms with E-state index in [1.807, 2.05) is 14.0 Å². The van der Waals surface area contributed by atoms with Crippen LogP contribution in [0.2, 0.25) is 0 Å². The van der Waals surface area contributed by atoms with E-state index in [9.17, 15) is 14.7 Å². The summed E-state index contributed by atoms with van der Waals surface area (Å²) >= 11 is 0. The van der Waals surface area contributed by atoms with Gasteiger partial charge in [-0.25, -0.2) is 9.59 Å². The van der Waals surface area contributed by atoms with E-state index in [1.165, 1.54) is 0 Å². The van der Waals surface area contributed by atoms with Crippen molar-refractivity contribution in [3.63, 3.8) is 0 Å². The van der Waals surface area contributed by atoms with Gasteiger partial charge in [0.05, 0.1) is 0 Å². The zero-order chi connectivity index (χ0) is 14.0. The molecule has 1 saturated carbocycles. The molecular formula is C13H23N3O3. The van der Waals surface area contributed by atoms with Gasteiger partial charge in [-0.05, 0) is 26.8 Å². The first-order valence-corrected chi connectivity index (χ1v) is 6.95. The van der Waals surface area contributed by atoms with Gasteiger partial charge in [-0.1, -0.05) is 12.8 Å². The molecule has 1 aliphatic heterocycles. The molecule has 108 valence electrons. The van der Waals surface area contributed by atoms with Crippen LogP contribution >= 0.6 is 0 Å². The highest BCUT2D eigenvalue weighted by Gasteiger charge is 2.44. The number of nitrogens with one attached hydrogen (secondary N) is 1. The minimum Gasteiger partial charge on any atom is -0.480 e. The standard InChI is InChI=1S/C13H23N3O3/c1-10-9-15(2)7-8-16(10)12(19)14-13(11(17)18)5-3-4-6-13/h10H,3-9H2,1-2H3,(H,14,19)(H,17,18). The number of hydrogen-bond donors (Lipinski definition) is 2. The maximum atomic E-state index is 12.3. The summed E-state index contributed by atoms with van der Waals surface area (Å²) in [6, 6.07) is -0.115. The summed E-state index contributed by atoms with van der Waals surface area (Å²) < 4.78 is 0. The first kappa shape index (κ1) is 14.1. The van der Waals surface area contributed by atoms with Gasteiger partial charge >= 0.3 is 12.0 Å². The van der Waals surface area contributed by atoms with Crippen molar-refractivity contribution in [1.29, 1.82) is 0 Å². The molecule has 2 aliphatic rings. The summed E-state index contributed by atoms with van der Waals surface area (Å²) in [5.41, 5.74) is -1.04. The summed E-state index contributed by atoms with van der Waals surface area (Å²) in [6.45, 7) is 4.31. The van der Waals surface area contributed by atoms with E-state index in [0.717, 1.165) is 25.9 Å². The average molecular weight is 269 g/mol. The lowest BCUT2D eigenvalue weighted by Gasteiger charge is -2.39.